The minimum atomic E-state index is -0.824. The Hall–Kier alpha value is -4.17. The second-order valence-corrected chi connectivity index (χ2v) is 9.09. The zero-order valence-corrected chi connectivity index (χ0v) is 20.4. The molecule has 0 saturated heterocycles. The van der Waals surface area contributed by atoms with E-state index in [1.807, 2.05) is 60.7 Å². The van der Waals surface area contributed by atoms with Gasteiger partial charge in [0, 0.05) is 18.5 Å². The average Bonchev–Trinajstić information content (AvgIpc) is 2.86. The van der Waals surface area contributed by atoms with Crippen molar-refractivity contribution in [2.45, 2.75) is 31.3 Å². The van der Waals surface area contributed by atoms with Crippen LogP contribution in [-0.4, -0.2) is 47.0 Å². The Morgan fingerprint density at radius 1 is 0.917 bits per heavy atom. The molecule has 36 heavy (non-hydrogen) atoms. The van der Waals surface area contributed by atoms with Crippen LogP contribution in [0.5, 0.6) is 5.75 Å². The van der Waals surface area contributed by atoms with Crippen LogP contribution in [0.1, 0.15) is 35.4 Å². The average molecular weight is 489 g/mol. The van der Waals surface area contributed by atoms with E-state index in [-0.39, 0.29) is 28.6 Å². The molecule has 0 radical (unpaired) electrons. The van der Waals surface area contributed by atoms with Crippen molar-refractivity contribution in [1.29, 1.82) is 5.41 Å². The fourth-order valence-electron chi connectivity index (χ4n) is 4.61. The number of rotatable bonds is 11. The van der Waals surface area contributed by atoms with Gasteiger partial charge in [-0.2, -0.15) is 0 Å². The number of hydrogen-bond acceptors (Lipinski definition) is 4. The number of nitrogens with zero attached hydrogens (tertiary/aromatic N) is 1. The third kappa shape index (κ3) is 6.49. The lowest BCUT2D eigenvalue weighted by Crippen LogP contribution is -2.62. The highest BCUT2D eigenvalue weighted by Crippen LogP contribution is 2.33. The summed E-state index contributed by atoms with van der Waals surface area (Å²) in [6.45, 7) is 0.594. The lowest BCUT2D eigenvalue weighted by molar-refractivity contribution is -0.865. The first-order chi connectivity index (χ1) is 17.2. The van der Waals surface area contributed by atoms with E-state index in [1.54, 1.807) is 31.3 Å². The van der Waals surface area contributed by atoms with Crippen LogP contribution in [0.25, 0.3) is 0 Å². The maximum Gasteiger partial charge on any atom is 0.326 e. The van der Waals surface area contributed by atoms with Crippen LogP contribution in [-0.2, 0) is 16.1 Å². The molecular weight excluding hydrogens is 454 g/mol. The number of carbonyl (C=O) groups excluding carboxylic acids is 2. The first-order valence-electron chi connectivity index (χ1n) is 11.9. The zero-order valence-electron chi connectivity index (χ0n) is 20.4. The smallest absolute Gasteiger partial charge is 0.326 e. The summed E-state index contributed by atoms with van der Waals surface area (Å²) in [5, 5.41) is 19.9. The molecule has 8 nitrogen and oxygen atoms in total. The second kappa shape index (κ2) is 12.0. The Bertz CT molecular complexity index is 1130. The molecule has 0 aliphatic heterocycles. The monoisotopic (exact) mass is 488 g/mol. The number of carbonyl (C=O) groups is 2. The number of aromatic hydroxyl groups is 1. The number of benzene rings is 3. The summed E-state index contributed by atoms with van der Waals surface area (Å²) in [4.78, 5) is 27.4. The summed E-state index contributed by atoms with van der Waals surface area (Å²) in [6.07, 6.45) is 0.817. The summed E-state index contributed by atoms with van der Waals surface area (Å²) in [6, 6.07) is 24.8. The highest BCUT2D eigenvalue weighted by Gasteiger charge is 2.47. The molecule has 0 spiro atoms. The fraction of sp³-hybridized carbons (Fsp3) is 0.250. The molecule has 8 heteroatoms. The quantitative estimate of drug-likeness (QED) is 0.122. The maximum absolute atomic E-state index is 14.6. The number of hydrogen-bond donors (Lipinski definition) is 5. The van der Waals surface area contributed by atoms with Crippen molar-refractivity contribution in [3.8, 4) is 5.75 Å². The van der Waals surface area contributed by atoms with E-state index in [0.717, 1.165) is 16.7 Å². The van der Waals surface area contributed by atoms with Crippen molar-refractivity contribution in [2.75, 3.05) is 13.6 Å². The van der Waals surface area contributed by atoms with Gasteiger partial charge in [-0.25, -0.2) is 9.28 Å². The summed E-state index contributed by atoms with van der Waals surface area (Å²) in [7, 11) is 1.75. The number of phenols is 1. The molecule has 0 heterocycles. The molecule has 3 aromatic rings. The third-order valence-corrected chi connectivity index (χ3v) is 6.45. The van der Waals surface area contributed by atoms with E-state index in [4.69, 9.17) is 16.9 Å². The van der Waals surface area contributed by atoms with E-state index < -0.39 is 17.9 Å². The van der Waals surface area contributed by atoms with Gasteiger partial charge < -0.3 is 21.9 Å². The molecule has 3 aromatic carbocycles. The number of nitrogens with one attached hydrogen (secondary N) is 2. The molecule has 0 aliphatic carbocycles. The van der Waals surface area contributed by atoms with Gasteiger partial charge in [0.1, 0.15) is 18.2 Å². The lowest BCUT2D eigenvalue weighted by Gasteiger charge is -2.40. The number of phenolic OH excluding ortho intramolecular Hbond substituents is 1. The van der Waals surface area contributed by atoms with E-state index >= 15 is 0 Å². The van der Waals surface area contributed by atoms with Crippen LogP contribution in [0.2, 0.25) is 0 Å². The minimum Gasteiger partial charge on any atom is -0.508 e. The minimum absolute atomic E-state index is 0.118. The van der Waals surface area contributed by atoms with Gasteiger partial charge in [0.05, 0.1) is 7.05 Å². The van der Waals surface area contributed by atoms with E-state index in [0.29, 0.717) is 19.4 Å². The molecule has 3 rings (SSSR count). The van der Waals surface area contributed by atoms with Gasteiger partial charge in [-0.1, -0.05) is 60.7 Å². The van der Waals surface area contributed by atoms with Crippen LogP contribution in [0.4, 0.5) is 0 Å². The molecule has 2 amide bonds. The number of quaternary nitrogens is 1. The molecule has 188 valence electrons. The largest absolute Gasteiger partial charge is 0.508 e. The molecule has 2 atom stereocenters. The van der Waals surface area contributed by atoms with E-state index in [1.165, 1.54) is 0 Å². The van der Waals surface area contributed by atoms with Gasteiger partial charge in [0.25, 0.3) is 5.91 Å². The Kier molecular flexibility index (Phi) is 8.81. The Morgan fingerprint density at radius 3 is 1.92 bits per heavy atom. The van der Waals surface area contributed by atoms with E-state index in [2.05, 4.69) is 5.32 Å². The van der Waals surface area contributed by atoms with Crippen molar-refractivity contribution < 1.29 is 19.2 Å². The topological polar surface area (TPSA) is 142 Å². The molecule has 0 fully saturated rings. The molecule has 0 aromatic heterocycles. The fourth-order valence-corrected chi connectivity index (χ4v) is 4.61. The van der Waals surface area contributed by atoms with Crippen LogP contribution in [0.15, 0.2) is 84.9 Å². The second-order valence-electron chi connectivity index (χ2n) is 9.09. The van der Waals surface area contributed by atoms with Crippen molar-refractivity contribution in [3.63, 3.8) is 0 Å². The van der Waals surface area contributed by atoms with Gasteiger partial charge in [-0.15, -0.1) is 0 Å². The van der Waals surface area contributed by atoms with Gasteiger partial charge >= 0.3 is 5.91 Å². The SMILES string of the molecule is C[N@+](Cc1ccc(O)cc1)(C(=O)C(c1ccccc1)c1ccccc1)C(CCCNC(=N)N)C(N)=O. The van der Waals surface area contributed by atoms with Crippen LogP contribution in [0.3, 0.4) is 0 Å². The first kappa shape index (κ1) is 26.4. The third-order valence-electron chi connectivity index (χ3n) is 6.45. The van der Waals surface area contributed by atoms with Gasteiger partial charge in [0.2, 0.25) is 0 Å². The Balaban J connectivity index is 2.08. The first-order valence-corrected chi connectivity index (χ1v) is 11.9. The Morgan fingerprint density at radius 2 is 1.44 bits per heavy atom. The number of guanidine groups is 1. The predicted octanol–water partition coefficient (Wildman–Crippen LogP) is 2.81. The van der Waals surface area contributed by atoms with E-state index in [9.17, 15) is 14.7 Å². The summed E-state index contributed by atoms with van der Waals surface area (Å²) in [5.41, 5.74) is 13.7. The highest BCUT2D eigenvalue weighted by atomic mass is 16.3. The van der Waals surface area contributed by atoms with Crippen molar-refractivity contribution in [1.82, 2.24) is 5.32 Å². The van der Waals surface area contributed by atoms with Crippen molar-refractivity contribution in [3.05, 3.63) is 102 Å². The van der Waals surface area contributed by atoms with Crippen LogP contribution < -0.4 is 16.8 Å². The Labute approximate surface area is 211 Å². The zero-order chi connectivity index (χ0) is 26.1. The van der Waals surface area contributed by atoms with Crippen molar-refractivity contribution in [2.24, 2.45) is 11.5 Å². The normalized spacial score (nSPS) is 13.5. The molecule has 1 unspecified atom stereocenters. The molecule has 7 N–H and O–H groups in total. The molecule has 0 bridgehead atoms. The van der Waals surface area contributed by atoms with Gasteiger partial charge in [-0.3, -0.25) is 10.2 Å². The number of amides is 2. The maximum atomic E-state index is 14.6. The highest BCUT2D eigenvalue weighted by molar-refractivity contribution is 5.86. The number of likely N-dealkylation sites (N-methyl/N-ethyl adjacent to an activating group) is 1. The summed E-state index contributed by atoms with van der Waals surface area (Å²) in [5.74, 6) is -1.40. The summed E-state index contributed by atoms with van der Waals surface area (Å²) < 4.78 is -0.255. The number of primary amides is 1. The lowest BCUT2D eigenvalue weighted by atomic mass is 9.87. The van der Waals surface area contributed by atoms with Crippen LogP contribution >= 0.6 is 0 Å². The predicted molar refractivity (Wildman–Crippen MR) is 140 cm³/mol. The van der Waals surface area contributed by atoms with Crippen LogP contribution in [0, 0.1) is 5.41 Å². The standard InChI is InChI=1S/C28H33N5O3/c1-33(19-20-14-16-23(34)17-15-20,24(26(29)35)13-8-18-32-28(30)31)27(36)25(21-9-4-2-5-10-21)22-11-6-3-7-12-22/h2-7,9-12,14-17,24-25H,8,13,18-19H2,1H3,(H6-,29,30,31,32,34,35)/p+1/t24?,33-/m1/s1. The van der Waals surface area contributed by atoms with Gasteiger partial charge in [0.15, 0.2) is 12.0 Å². The molecule has 0 aliphatic rings. The summed E-state index contributed by atoms with van der Waals surface area (Å²) >= 11 is 0. The number of nitrogens with two attached hydrogens (primary N) is 2. The van der Waals surface area contributed by atoms with Gasteiger partial charge in [-0.05, 0) is 41.8 Å². The molecular formula is C28H34N5O3+. The molecule has 0 saturated carbocycles. The van der Waals surface area contributed by atoms with Crippen molar-refractivity contribution >= 4 is 17.8 Å².